The van der Waals surface area contributed by atoms with Gasteiger partial charge in [0, 0.05) is 39.8 Å². The molecule has 3 aromatic heterocycles. The van der Waals surface area contributed by atoms with Crippen molar-refractivity contribution in [2.24, 2.45) is 0 Å². The van der Waals surface area contributed by atoms with E-state index in [-0.39, 0.29) is 0 Å². The molecule has 3 heterocycles. The van der Waals surface area contributed by atoms with Gasteiger partial charge in [-0.25, -0.2) is 9.97 Å². The number of nitrogens with zero attached hydrogens (tertiary/aromatic N) is 2. The standard InChI is InChI=1S/C18H14N4O/c1-10-13(11-4-2-6-20-17(11)19)8-15-16(14(10)9-23)12-5-3-7-21-18(12)22-15/h2-9H,1H3,(H2,19,20)(H,21,22). The number of aromatic amines is 1. The number of hydrogen-bond donors (Lipinski definition) is 2. The van der Waals surface area contributed by atoms with Crippen molar-refractivity contribution in [1.82, 2.24) is 15.0 Å². The van der Waals surface area contributed by atoms with Gasteiger partial charge in [-0.1, -0.05) is 0 Å². The molecule has 0 aliphatic carbocycles. The van der Waals surface area contributed by atoms with E-state index in [1.807, 2.05) is 37.3 Å². The molecule has 0 unspecified atom stereocenters. The molecule has 0 aliphatic heterocycles. The molecular weight excluding hydrogens is 288 g/mol. The Bertz CT molecular complexity index is 1070. The number of nitrogens with two attached hydrogens (primary N) is 1. The maximum atomic E-state index is 11.8. The van der Waals surface area contributed by atoms with Gasteiger partial charge in [-0.15, -0.1) is 0 Å². The average molecular weight is 302 g/mol. The smallest absolute Gasteiger partial charge is 0.151 e. The number of aldehydes is 1. The van der Waals surface area contributed by atoms with Crippen LogP contribution in [0.5, 0.6) is 0 Å². The highest BCUT2D eigenvalue weighted by Gasteiger charge is 2.17. The molecule has 0 atom stereocenters. The number of fused-ring (bicyclic) bond motifs is 3. The molecule has 0 fully saturated rings. The number of benzene rings is 1. The minimum atomic E-state index is 0.445. The minimum absolute atomic E-state index is 0.445. The van der Waals surface area contributed by atoms with Crippen molar-refractivity contribution in [2.45, 2.75) is 6.92 Å². The summed E-state index contributed by atoms with van der Waals surface area (Å²) in [6.07, 6.45) is 4.28. The number of H-pyrrole nitrogens is 1. The zero-order valence-corrected chi connectivity index (χ0v) is 12.5. The zero-order chi connectivity index (χ0) is 16.0. The van der Waals surface area contributed by atoms with Crippen molar-refractivity contribution < 1.29 is 4.79 Å². The Hall–Kier alpha value is -3.21. The van der Waals surface area contributed by atoms with Gasteiger partial charge in [0.15, 0.2) is 6.29 Å². The molecule has 1 aromatic carbocycles. The molecule has 0 bridgehead atoms. The molecule has 0 saturated heterocycles. The highest BCUT2D eigenvalue weighted by atomic mass is 16.1. The number of nitrogens with one attached hydrogen (secondary N) is 1. The van der Waals surface area contributed by atoms with Gasteiger partial charge in [0.25, 0.3) is 0 Å². The van der Waals surface area contributed by atoms with Crippen LogP contribution in [0.25, 0.3) is 33.1 Å². The monoisotopic (exact) mass is 302 g/mol. The Kier molecular flexibility index (Phi) is 2.87. The van der Waals surface area contributed by atoms with Crippen molar-refractivity contribution >= 4 is 34.0 Å². The van der Waals surface area contributed by atoms with Gasteiger partial charge in [-0.2, -0.15) is 0 Å². The van der Waals surface area contributed by atoms with E-state index < -0.39 is 0 Å². The van der Waals surface area contributed by atoms with Crippen molar-refractivity contribution in [1.29, 1.82) is 0 Å². The summed E-state index contributed by atoms with van der Waals surface area (Å²) in [5, 5.41) is 1.84. The zero-order valence-electron chi connectivity index (χ0n) is 12.5. The number of rotatable bonds is 2. The SMILES string of the molecule is Cc1c(-c2cccnc2N)cc2[nH]c3ncccc3c2c1C=O. The van der Waals surface area contributed by atoms with Crippen molar-refractivity contribution in [3.63, 3.8) is 0 Å². The number of nitrogen functional groups attached to an aromatic ring is 1. The predicted molar refractivity (Wildman–Crippen MR) is 91.4 cm³/mol. The molecule has 112 valence electrons. The third-order valence-electron chi connectivity index (χ3n) is 4.21. The first kappa shape index (κ1) is 13.5. The fourth-order valence-corrected chi connectivity index (χ4v) is 3.10. The third-order valence-corrected chi connectivity index (χ3v) is 4.21. The lowest BCUT2D eigenvalue weighted by molar-refractivity contribution is 0.112. The molecule has 3 N–H and O–H groups in total. The molecule has 23 heavy (non-hydrogen) atoms. The fraction of sp³-hybridized carbons (Fsp3) is 0.0556. The van der Waals surface area contributed by atoms with Crippen LogP contribution in [0.1, 0.15) is 15.9 Å². The summed E-state index contributed by atoms with van der Waals surface area (Å²) in [5.74, 6) is 0.445. The lowest BCUT2D eigenvalue weighted by atomic mass is 9.93. The van der Waals surface area contributed by atoms with Crippen LogP contribution in [0.3, 0.4) is 0 Å². The Morgan fingerprint density at radius 2 is 1.91 bits per heavy atom. The van der Waals surface area contributed by atoms with Gasteiger partial charge in [-0.3, -0.25) is 4.79 Å². The second-order valence-electron chi connectivity index (χ2n) is 5.46. The first-order valence-corrected chi connectivity index (χ1v) is 7.26. The molecule has 0 amide bonds. The van der Waals surface area contributed by atoms with Crippen LogP contribution < -0.4 is 5.73 Å². The van der Waals surface area contributed by atoms with Crippen LogP contribution in [0.4, 0.5) is 5.82 Å². The lowest BCUT2D eigenvalue weighted by Gasteiger charge is -2.11. The van der Waals surface area contributed by atoms with E-state index >= 15 is 0 Å². The minimum Gasteiger partial charge on any atom is -0.383 e. The van der Waals surface area contributed by atoms with Gasteiger partial charge >= 0.3 is 0 Å². The summed E-state index contributed by atoms with van der Waals surface area (Å²) >= 11 is 0. The Balaban J connectivity index is 2.16. The molecule has 0 radical (unpaired) electrons. The molecule has 4 rings (SSSR count). The van der Waals surface area contributed by atoms with E-state index in [9.17, 15) is 4.79 Å². The first-order valence-electron chi connectivity index (χ1n) is 7.26. The number of aromatic nitrogens is 3. The van der Waals surface area contributed by atoms with Crippen LogP contribution in [-0.4, -0.2) is 21.2 Å². The van der Waals surface area contributed by atoms with Crippen molar-refractivity contribution in [3.05, 3.63) is 53.9 Å². The normalized spacial score (nSPS) is 11.2. The summed E-state index contributed by atoms with van der Waals surface area (Å²) in [7, 11) is 0. The summed E-state index contributed by atoms with van der Waals surface area (Å²) in [5.41, 5.74) is 10.9. The molecule has 0 spiro atoms. The molecule has 5 heteroatoms. The molecule has 0 saturated carbocycles. The van der Waals surface area contributed by atoms with E-state index in [1.165, 1.54) is 0 Å². The van der Waals surface area contributed by atoms with Gasteiger partial charge in [0.2, 0.25) is 0 Å². The van der Waals surface area contributed by atoms with Crippen molar-refractivity contribution in [3.8, 4) is 11.1 Å². The van der Waals surface area contributed by atoms with Crippen LogP contribution in [0.2, 0.25) is 0 Å². The number of anilines is 1. The summed E-state index contributed by atoms with van der Waals surface area (Å²) in [4.78, 5) is 23.5. The average Bonchev–Trinajstić information content (AvgIpc) is 2.93. The Morgan fingerprint density at radius 3 is 2.70 bits per heavy atom. The Morgan fingerprint density at radius 1 is 1.13 bits per heavy atom. The number of carbonyl (C=O) groups excluding carboxylic acids is 1. The van der Waals surface area contributed by atoms with Crippen molar-refractivity contribution in [2.75, 3.05) is 5.73 Å². The largest absolute Gasteiger partial charge is 0.383 e. The maximum Gasteiger partial charge on any atom is 0.151 e. The highest BCUT2D eigenvalue weighted by Crippen LogP contribution is 2.36. The highest BCUT2D eigenvalue weighted by molar-refractivity contribution is 6.15. The fourth-order valence-electron chi connectivity index (χ4n) is 3.10. The number of carbonyl (C=O) groups is 1. The lowest BCUT2D eigenvalue weighted by Crippen LogP contribution is -1.97. The summed E-state index contributed by atoms with van der Waals surface area (Å²) in [6.45, 7) is 1.93. The molecule has 4 aromatic rings. The van der Waals surface area contributed by atoms with E-state index in [0.717, 1.165) is 44.9 Å². The maximum absolute atomic E-state index is 11.8. The molecule has 0 aliphatic rings. The van der Waals surface area contributed by atoms with E-state index in [1.54, 1.807) is 12.4 Å². The summed E-state index contributed by atoms with van der Waals surface area (Å²) < 4.78 is 0. The van der Waals surface area contributed by atoms with Crippen LogP contribution in [-0.2, 0) is 0 Å². The van der Waals surface area contributed by atoms with Crippen LogP contribution >= 0.6 is 0 Å². The second kappa shape index (κ2) is 4.91. The number of hydrogen-bond acceptors (Lipinski definition) is 4. The second-order valence-corrected chi connectivity index (χ2v) is 5.46. The van der Waals surface area contributed by atoms with E-state index in [2.05, 4.69) is 15.0 Å². The Labute approximate surface area is 132 Å². The molecule has 5 nitrogen and oxygen atoms in total. The van der Waals surface area contributed by atoms with Gasteiger partial charge in [-0.05, 0) is 48.4 Å². The molecular formula is C18H14N4O. The summed E-state index contributed by atoms with van der Waals surface area (Å²) in [6, 6.07) is 9.58. The van der Waals surface area contributed by atoms with Gasteiger partial charge in [0.05, 0.1) is 0 Å². The number of pyridine rings is 2. The third kappa shape index (κ3) is 1.90. The van der Waals surface area contributed by atoms with E-state index in [0.29, 0.717) is 11.4 Å². The van der Waals surface area contributed by atoms with E-state index in [4.69, 9.17) is 5.73 Å². The van der Waals surface area contributed by atoms with Gasteiger partial charge in [0.1, 0.15) is 11.5 Å². The predicted octanol–water partition coefficient (Wildman–Crippen LogP) is 3.48. The quantitative estimate of drug-likeness (QED) is 0.555. The topological polar surface area (TPSA) is 84.7 Å². The first-order chi connectivity index (χ1) is 11.2. The van der Waals surface area contributed by atoms with Crippen LogP contribution in [0, 0.1) is 6.92 Å². The van der Waals surface area contributed by atoms with Gasteiger partial charge < -0.3 is 10.7 Å². The van der Waals surface area contributed by atoms with Crippen LogP contribution in [0.15, 0.2) is 42.7 Å².